The number of aryl methyl sites for hydroxylation is 1. The van der Waals surface area contributed by atoms with Gasteiger partial charge in [-0.25, -0.2) is 9.67 Å². The number of nitrogens with one attached hydrogen (secondary N) is 1. The molecule has 6 heteroatoms. The number of rotatable bonds is 5. The second kappa shape index (κ2) is 6.22. The van der Waals surface area contributed by atoms with Gasteiger partial charge in [0.2, 0.25) is 0 Å². The van der Waals surface area contributed by atoms with E-state index in [9.17, 15) is 4.79 Å². The number of carbonyl (C=O) groups excluding carboxylic acids is 1. The van der Waals surface area contributed by atoms with Crippen LogP contribution in [0.2, 0.25) is 0 Å². The first-order valence-electron chi connectivity index (χ1n) is 7.08. The zero-order valence-corrected chi connectivity index (χ0v) is 13.2. The van der Waals surface area contributed by atoms with Crippen molar-refractivity contribution in [2.45, 2.75) is 39.8 Å². The first kappa shape index (κ1) is 15.4. The van der Waals surface area contributed by atoms with E-state index in [2.05, 4.69) is 29.2 Å². The number of hydrogen-bond acceptors (Lipinski definition) is 4. The van der Waals surface area contributed by atoms with E-state index in [-0.39, 0.29) is 18.0 Å². The van der Waals surface area contributed by atoms with Crippen LogP contribution in [0.3, 0.4) is 0 Å². The van der Waals surface area contributed by atoms with E-state index in [0.717, 1.165) is 11.0 Å². The Labute approximate surface area is 124 Å². The van der Waals surface area contributed by atoms with Crippen LogP contribution >= 0.6 is 0 Å². The normalized spacial score (nSPS) is 12.9. The zero-order chi connectivity index (χ0) is 15.6. The monoisotopic (exact) mass is 290 g/mol. The summed E-state index contributed by atoms with van der Waals surface area (Å²) in [5, 5.41) is 8.10. The maximum atomic E-state index is 12.3. The molecule has 6 nitrogen and oxygen atoms in total. The second-order valence-corrected chi connectivity index (χ2v) is 5.55. The molecule has 21 heavy (non-hydrogen) atoms. The number of fused-ring (bicyclic) bond motifs is 1. The lowest BCUT2D eigenvalue weighted by molar-refractivity contribution is 0.0904. The average Bonchev–Trinajstić information content (AvgIpc) is 2.80. The molecule has 1 amide bonds. The minimum absolute atomic E-state index is 0.0454. The van der Waals surface area contributed by atoms with Crippen molar-refractivity contribution in [3.63, 3.8) is 0 Å². The quantitative estimate of drug-likeness (QED) is 0.915. The molecule has 114 valence electrons. The van der Waals surface area contributed by atoms with Gasteiger partial charge < -0.3 is 10.1 Å². The standard InChI is InChI=1S/C15H22N4O2/c1-9(2)19-14-12(7-16-19)6-13(11(4)18-14)15(20)17-10(3)8-21-5/h6-7,9-10H,8H2,1-5H3,(H,17,20). The summed E-state index contributed by atoms with van der Waals surface area (Å²) in [6, 6.07) is 2.03. The van der Waals surface area contributed by atoms with Crippen LogP contribution in [0, 0.1) is 6.92 Å². The van der Waals surface area contributed by atoms with Crippen LogP contribution in [0.15, 0.2) is 12.3 Å². The summed E-state index contributed by atoms with van der Waals surface area (Å²) in [4.78, 5) is 16.8. The fraction of sp³-hybridized carbons (Fsp3) is 0.533. The Morgan fingerprint density at radius 1 is 1.43 bits per heavy atom. The van der Waals surface area contributed by atoms with Crippen LogP contribution in [-0.4, -0.2) is 40.4 Å². The number of methoxy groups -OCH3 is 1. The number of ether oxygens (including phenoxy) is 1. The van der Waals surface area contributed by atoms with Gasteiger partial charge in [0, 0.05) is 24.6 Å². The molecule has 2 aromatic rings. The lowest BCUT2D eigenvalue weighted by atomic mass is 10.1. The molecule has 0 aliphatic rings. The number of amides is 1. The van der Waals surface area contributed by atoms with Crippen LogP contribution in [0.5, 0.6) is 0 Å². The van der Waals surface area contributed by atoms with Crippen molar-refractivity contribution in [2.75, 3.05) is 13.7 Å². The highest BCUT2D eigenvalue weighted by Gasteiger charge is 2.16. The Hall–Kier alpha value is -1.95. The lowest BCUT2D eigenvalue weighted by Gasteiger charge is -2.14. The molecule has 0 bridgehead atoms. The molecule has 1 atom stereocenters. The molecule has 1 unspecified atom stereocenters. The molecule has 0 fully saturated rings. The number of carbonyl (C=O) groups is 1. The van der Waals surface area contributed by atoms with E-state index in [1.54, 1.807) is 13.3 Å². The minimum Gasteiger partial charge on any atom is -0.383 e. The Morgan fingerprint density at radius 3 is 2.76 bits per heavy atom. The van der Waals surface area contributed by atoms with Crippen molar-refractivity contribution in [3.05, 3.63) is 23.5 Å². The summed E-state index contributed by atoms with van der Waals surface area (Å²) in [7, 11) is 1.61. The van der Waals surface area contributed by atoms with Crippen molar-refractivity contribution < 1.29 is 9.53 Å². The smallest absolute Gasteiger partial charge is 0.253 e. The first-order valence-corrected chi connectivity index (χ1v) is 7.08. The number of pyridine rings is 1. The maximum absolute atomic E-state index is 12.3. The summed E-state index contributed by atoms with van der Waals surface area (Å²) in [5.74, 6) is -0.135. The van der Waals surface area contributed by atoms with Gasteiger partial charge in [0.05, 0.1) is 24.1 Å². The van der Waals surface area contributed by atoms with Gasteiger partial charge in [-0.3, -0.25) is 4.79 Å². The summed E-state index contributed by atoms with van der Waals surface area (Å²) >= 11 is 0. The van der Waals surface area contributed by atoms with Crippen molar-refractivity contribution in [1.29, 1.82) is 0 Å². The summed E-state index contributed by atoms with van der Waals surface area (Å²) in [6.07, 6.45) is 1.75. The van der Waals surface area contributed by atoms with Crippen molar-refractivity contribution in [2.24, 2.45) is 0 Å². The highest BCUT2D eigenvalue weighted by Crippen LogP contribution is 2.19. The van der Waals surface area contributed by atoms with E-state index in [0.29, 0.717) is 17.9 Å². The van der Waals surface area contributed by atoms with Crippen molar-refractivity contribution in [1.82, 2.24) is 20.1 Å². The number of aromatic nitrogens is 3. The second-order valence-electron chi connectivity index (χ2n) is 5.55. The lowest BCUT2D eigenvalue weighted by Crippen LogP contribution is -2.36. The topological polar surface area (TPSA) is 69.0 Å². The predicted octanol–water partition coefficient (Wildman–Crippen LogP) is 2.09. The van der Waals surface area contributed by atoms with Gasteiger partial charge >= 0.3 is 0 Å². The maximum Gasteiger partial charge on any atom is 0.253 e. The summed E-state index contributed by atoms with van der Waals surface area (Å²) in [6.45, 7) is 8.32. The fourth-order valence-electron chi connectivity index (χ4n) is 2.27. The molecule has 2 heterocycles. The largest absolute Gasteiger partial charge is 0.383 e. The molecular weight excluding hydrogens is 268 g/mol. The fourth-order valence-corrected chi connectivity index (χ4v) is 2.27. The third kappa shape index (κ3) is 3.21. The summed E-state index contributed by atoms with van der Waals surface area (Å²) < 4.78 is 6.89. The van der Waals surface area contributed by atoms with E-state index >= 15 is 0 Å². The van der Waals surface area contributed by atoms with Gasteiger partial charge in [0.1, 0.15) is 0 Å². The minimum atomic E-state index is -0.135. The molecule has 0 aromatic carbocycles. The van der Waals surface area contributed by atoms with Gasteiger partial charge in [0.25, 0.3) is 5.91 Å². The third-order valence-electron chi connectivity index (χ3n) is 3.29. The van der Waals surface area contributed by atoms with Gasteiger partial charge in [0.15, 0.2) is 5.65 Å². The SMILES string of the molecule is COCC(C)NC(=O)c1cc2cnn(C(C)C)c2nc1C. The highest BCUT2D eigenvalue weighted by molar-refractivity contribution is 5.98. The summed E-state index contributed by atoms with van der Waals surface area (Å²) in [5.41, 5.74) is 2.09. The van der Waals surface area contributed by atoms with Gasteiger partial charge in [-0.2, -0.15) is 5.10 Å². The molecule has 0 spiro atoms. The predicted molar refractivity (Wildman–Crippen MR) is 81.5 cm³/mol. The van der Waals surface area contributed by atoms with E-state index in [1.165, 1.54) is 0 Å². The Bertz CT molecular complexity index is 648. The Balaban J connectivity index is 2.33. The van der Waals surface area contributed by atoms with Crippen LogP contribution in [-0.2, 0) is 4.74 Å². The third-order valence-corrected chi connectivity index (χ3v) is 3.29. The molecule has 0 radical (unpaired) electrons. The molecule has 0 saturated carbocycles. The van der Waals surface area contributed by atoms with E-state index < -0.39 is 0 Å². The molecule has 0 saturated heterocycles. The molecule has 0 aliphatic carbocycles. The molecule has 1 N–H and O–H groups in total. The van der Waals surface area contributed by atoms with Crippen molar-refractivity contribution in [3.8, 4) is 0 Å². The molecular formula is C15H22N4O2. The van der Waals surface area contributed by atoms with Crippen LogP contribution in [0.25, 0.3) is 11.0 Å². The number of nitrogens with zero attached hydrogens (tertiary/aromatic N) is 3. The van der Waals surface area contributed by atoms with E-state index in [1.807, 2.05) is 24.6 Å². The van der Waals surface area contributed by atoms with Gasteiger partial charge in [-0.05, 0) is 33.8 Å². The first-order chi connectivity index (χ1) is 9.93. The van der Waals surface area contributed by atoms with Crippen molar-refractivity contribution >= 4 is 16.9 Å². The Kier molecular flexibility index (Phi) is 4.57. The molecule has 2 rings (SSSR count). The van der Waals surface area contributed by atoms with Crippen LogP contribution in [0.1, 0.15) is 42.9 Å². The zero-order valence-electron chi connectivity index (χ0n) is 13.2. The highest BCUT2D eigenvalue weighted by atomic mass is 16.5. The van der Waals surface area contributed by atoms with Crippen LogP contribution in [0.4, 0.5) is 0 Å². The van der Waals surface area contributed by atoms with Crippen LogP contribution < -0.4 is 5.32 Å². The average molecular weight is 290 g/mol. The van der Waals surface area contributed by atoms with Gasteiger partial charge in [-0.1, -0.05) is 0 Å². The Morgan fingerprint density at radius 2 is 2.14 bits per heavy atom. The number of hydrogen-bond donors (Lipinski definition) is 1. The van der Waals surface area contributed by atoms with Gasteiger partial charge in [-0.15, -0.1) is 0 Å². The molecule has 2 aromatic heterocycles. The van der Waals surface area contributed by atoms with E-state index in [4.69, 9.17) is 4.74 Å². The molecule has 0 aliphatic heterocycles.